The summed E-state index contributed by atoms with van der Waals surface area (Å²) in [6, 6.07) is 6.27. The summed E-state index contributed by atoms with van der Waals surface area (Å²) in [4.78, 5) is 19.5. The summed E-state index contributed by atoms with van der Waals surface area (Å²) in [5.41, 5.74) is 3.53. The fraction of sp³-hybridized carbons (Fsp3) is 0.650. The second-order valence-electron chi connectivity index (χ2n) is 7.87. The SMILES string of the molecule is CN1CCN([C@@H]2CN(C(=O)c3ccc4c(c3)CCCC4)C[C@H]2O)CC1. The molecule has 5 nitrogen and oxygen atoms in total. The van der Waals surface area contributed by atoms with Gasteiger partial charge in [-0.3, -0.25) is 9.69 Å². The number of rotatable bonds is 2. The van der Waals surface area contributed by atoms with E-state index >= 15 is 0 Å². The third kappa shape index (κ3) is 3.46. The van der Waals surface area contributed by atoms with Gasteiger partial charge in [0.25, 0.3) is 5.91 Å². The summed E-state index contributed by atoms with van der Waals surface area (Å²) in [6.07, 6.45) is 4.26. The highest BCUT2D eigenvalue weighted by Gasteiger charge is 2.38. The van der Waals surface area contributed by atoms with Crippen LogP contribution in [0.5, 0.6) is 0 Å². The first-order valence-electron chi connectivity index (χ1n) is 9.63. The monoisotopic (exact) mass is 343 g/mol. The number of fused-ring (bicyclic) bond motifs is 1. The lowest BCUT2D eigenvalue weighted by Crippen LogP contribution is -2.52. The minimum atomic E-state index is -0.440. The lowest BCUT2D eigenvalue weighted by atomic mass is 9.90. The summed E-state index contributed by atoms with van der Waals surface area (Å²) < 4.78 is 0. The van der Waals surface area contributed by atoms with Crippen molar-refractivity contribution in [1.29, 1.82) is 0 Å². The third-order valence-corrected chi connectivity index (χ3v) is 6.15. The number of benzene rings is 1. The van der Waals surface area contributed by atoms with Crippen LogP contribution in [0.4, 0.5) is 0 Å². The zero-order chi connectivity index (χ0) is 17.4. The number of nitrogens with zero attached hydrogens (tertiary/aromatic N) is 3. The molecule has 0 bridgehead atoms. The van der Waals surface area contributed by atoms with Crippen molar-refractivity contribution in [3.05, 3.63) is 34.9 Å². The number of piperazine rings is 1. The highest BCUT2D eigenvalue weighted by molar-refractivity contribution is 5.94. The molecule has 2 saturated heterocycles. The summed E-state index contributed by atoms with van der Waals surface area (Å²) in [7, 11) is 2.13. The van der Waals surface area contributed by atoms with Crippen molar-refractivity contribution in [2.24, 2.45) is 0 Å². The van der Waals surface area contributed by atoms with E-state index in [1.54, 1.807) is 0 Å². The average Bonchev–Trinajstić information content (AvgIpc) is 3.03. The second-order valence-corrected chi connectivity index (χ2v) is 7.87. The van der Waals surface area contributed by atoms with Crippen molar-refractivity contribution in [2.75, 3.05) is 46.3 Å². The second kappa shape index (κ2) is 7.06. The van der Waals surface area contributed by atoms with Crippen LogP contribution in [0.25, 0.3) is 0 Å². The van der Waals surface area contributed by atoms with Crippen molar-refractivity contribution in [1.82, 2.24) is 14.7 Å². The first-order chi connectivity index (χ1) is 12.1. The van der Waals surface area contributed by atoms with E-state index in [-0.39, 0.29) is 11.9 Å². The van der Waals surface area contributed by atoms with E-state index in [4.69, 9.17) is 0 Å². The van der Waals surface area contributed by atoms with Crippen LogP contribution in [-0.2, 0) is 12.8 Å². The molecular formula is C20H29N3O2. The van der Waals surface area contributed by atoms with Gasteiger partial charge in [-0.25, -0.2) is 0 Å². The van der Waals surface area contributed by atoms with Gasteiger partial charge in [0.1, 0.15) is 0 Å². The topological polar surface area (TPSA) is 47.0 Å². The van der Waals surface area contributed by atoms with Gasteiger partial charge in [0, 0.05) is 44.8 Å². The molecule has 5 heteroatoms. The number of aliphatic hydroxyl groups excluding tert-OH is 1. The van der Waals surface area contributed by atoms with Gasteiger partial charge in [0.15, 0.2) is 0 Å². The molecule has 0 spiro atoms. The Morgan fingerprint density at radius 2 is 1.76 bits per heavy atom. The molecule has 1 aliphatic carbocycles. The predicted octanol–water partition coefficient (Wildman–Crippen LogP) is 0.998. The maximum Gasteiger partial charge on any atom is 0.254 e. The Balaban J connectivity index is 1.44. The molecule has 136 valence electrons. The average molecular weight is 343 g/mol. The number of carbonyl (C=O) groups excluding carboxylic acids is 1. The van der Waals surface area contributed by atoms with E-state index in [0.717, 1.165) is 44.6 Å². The Kier molecular flexibility index (Phi) is 4.80. The highest BCUT2D eigenvalue weighted by Crippen LogP contribution is 2.25. The standard InChI is InChI=1S/C20H29N3O2/c1-21-8-10-22(11-9-21)18-13-23(14-19(18)24)20(25)17-7-6-15-4-2-3-5-16(15)12-17/h6-7,12,18-19,24H,2-5,8-11,13-14H2,1H3/t18-,19-/m1/s1. The minimum absolute atomic E-state index is 0.0732. The fourth-order valence-electron chi connectivity index (χ4n) is 4.50. The van der Waals surface area contributed by atoms with Crippen LogP contribution in [0, 0.1) is 0 Å². The van der Waals surface area contributed by atoms with E-state index in [0.29, 0.717) is 13.1 Å². The van der Waals surface area contributed by atoms with Crippen LogP contribution < -0.4 is 0 Å². The van der Waals surface area contributed by atoms with E-state index in [9.17, 15) is 9.90 Å². The van der Waals surface area contributed by atoms with E-state index < -0.39 is 6.10 Å². The van der Waals surface area contributed by atoms with E-state index in [2.05, 4.69) is 29.0 Å². The fourth-order valence-corrected chi connectivity index (χ4v) is 4.50. The number of aryl methyl sites for hydroxylation is 2. The molecular weight excluding hydrogens is 314 g/mol. The molecule has 3 aliphatic rings. The lowest BCUT2D eigenvalue weighted by molar-refractivity contribution is 0.0512. The Labute approximate surface area is 150 Å². The smallest absolute Gasteiger partial charge is 0.254 e. The van der Waals surface area contributed by atoms with Crippen molar-refractivity contribution in [3.8, 4) is 0 Å². The number of hydrogen-bond acceptors (Lipinski definition) is 4. The number of β-amino-alcohol motifs (C(OH)–C–C–N with tert-alkyl or cyclic N) is 1. The lowest BCUT2D eigenvalue weighted by Gasteiger charge is -2.37. The Bertz CT molecular complexity index is 640. The first kappa shape index (κ1) is 17.0. The molecule has 2 heterocycles. The summed E-state index contributed by atoms with van der Waals surface area (Å²) in [6.45, 7) is 5.09. The van der Waals surface area contributed by atoms with Crippen LogP contribution in [0.15, 0.2) is 18.2 Å². The van der Waals surface area contributed by atoms with Gasteiger partial charge in [0.2, 0.25) is 0 Å². The van der Waals surface area contributed by atoms with Gasteiger partial charge in [-0.15, -0.1) is 0 Å². The van der Waals surface area contributed by atoms with E-state index in [1.165, 1.54) is 24.0 Å². The molecule has 1 N–H and O–H groups in total. The number of carbonyl (C=O) groups is 1. The van der Waals surface area contributed by atoms with Crippen LogP contribution in [-0.4, -0.2) is 84.2 Å². The molecule has 2 aliphatic heterocycles. The number of likely N-dealkylation sites (N-methyl/N-ethyl adjacent to an activating group) is 1. The highest BCUT2D eigenvalue weighted by atomic mass is 16.3. The minimum Gasteiger partial charge on any atom is -0.390 e. The number of aliphatic hydroxyl groups is 1. The van der Waals surface area contributed by atoms with Crippen molar-refractivity contribution in [3.63, 3.8) is 0 Å². The van der Waals surface area contributed by atoms with Gasteiger partial charge in [-0.2, -0.15) is 0 Å². The zero-order valence-corrected chi connectivity index (χ0v) is 15.2. The van der Waals surface area contributed by atoms with Crippen molar-refractivity contribution < 1.29 is 9.90 Å². The zero-order valence-electron chi connectivity index (χ0n) is 15.2. The molecule has 0 saturated carbocycles. The van der Waals surface area contributed by atoms with Gasteiger partial charge < -0.3 is 14.9 Å². The molecule has 2 fully saturated rings. The quantitative estimate of drug-likeness (QED) is 0.870. The van der Waals surface area contributed by atoms with Crippen molar-refractivity contribution in [2.45, 2.75) is 37.8 Å². The molecule has 1 aromatic rings. The van der Waals surface area contributed by atoms with Crippen LogP contribution in [0.3, 0.4) is 0 Å². The number of amides is 1. The summed E-state index contributed by atoms with van der Waals surface area (Å²) in [5, 5.41) is 10.5. The third-order valence-electron chi connectivity index (χ3n) is 6.15. The van der Waals surface area contributed by atoms with Crippen LogP contribution >= 0.6 is 0 Å². The van der Waals surface area contributed by atoms with Gasteiger partial charge in [0.05, 0.1) is 12.1 Å². The summed E-state index contributed by atoms with van der Waals surface area (Å²) >= 11 is 0. The van der Waals surface area contributed by atoms with E-state index in [1.807, 2.05) is 11.0 Å². The maximum absolute atomic E-state index is 12.9. The Morgan fingerprint density at radius 3 is 2.52 bits per heavy atom. The first-order valence-corrected chi connectivity index (χ1v) is 9.63. The molecule has 2 atom stereocenters. The molecule has 0 aromatic heterocycles. The maximum atomic E-state index is 12.9. The van der Waals surface area contributed by atoms with Gasteiger partial charge in [-0.05, 0) is 56.0 Å². The molecule has 1 aromatic carbocycles. The van der Waals surface area contributed by atoms with Gasteiger partial charge in [-0.1, -0.05) is 6.07 Å². The van der Waals surface area contributed by atoms with Crippen molar-refractivity contribution >= 4 is 5.91 Å². The largest absolute Gasteiger partial charge is 0.390 e. The molecule has 25 heavy (non-hydrogen) atoms. The predicted molar refractivity (Wildman–Crippen MR) is 97.9 cm³/mol. The molecule has 0 unspecified atom stereocenters. The van der Waals surface area contributed by atoms with Gasteiger partial charge >= 0.3 is 0 Å². The van der Waals surface area contributed by atoms with Crippen LogP contribution in [0.1, 0.15) is 34.3 Å². The number of likely N-dealkylation sites (tertiary alicyclic amines) is 1. The Hall–Kier alpha value is -1.43. The Morgan fingerprint density at radius 1 is 1.04 bits per heavy atom. The number of hydrogen-bond donors (Lipinski definition) is 1. The summed E-state index contributed by atoms with van der Waals surface area (Å²) in [5.74, 6) is 0.0732. The molecule has 0 radical (unpaired) electrons. The van der Waals surface area contributed by atoms with Crippen LogP contribution in [0.2, 0.25) is 0 Å². The molecule has 1 amide bonds. The molecule has 4 rings (SSSR count). The normalized spacial score (nSPS) is 28.2.